The van der Waals surface area contributed by atoms with Crippen molar-refractivity contribution < 1.29 is 13.2 Å². The highest BCUT2D eigenvalue weighted by Crippen LogP contribution is 2.25. The van der Waals surface area contributed by atoms with Crippen LogP contribution in [-0.2, 0) is 0 Å². The Morgan fingerprint density at radius 3 is 2.00 bits per heavy atom. The molecule has 0 bridgehead atoms. The molecule has 0 rings (SSSR count). The number of alkyl halides is 4. The number of hydrogen-bond acceptors (Lipinski definition) is 0. The Morgan fingerprint density at radius 1 is 1.44 bits per heavy atom. The number of halogens is 5. The first kappa shape index (κ1) is 9.11. The first-order valence-electron chi connectivity index (χ1n) is 1.94. The second-order valence-electron chi connectivity index (χ2n) is 1.27. The first-order chi connectivity index (χ1) is 4.00. The standard InChI is InChI=1S/C4H3Cl2F3/c5-2-1-4(8,9)3(6)7/h1-3H. The average Bonchev–Trinajstić information content (AvgIpc) is 1.65. The van der Waals surface area contributed by atoms with Gasteiger partial charge in [-0.2, -0.15) is 8.78 Å². The molecular formula is C4H3Cl2F3. The minimum atomic E-state index is -3.66. The minimum absolute atomic E-state index is 0.187. The lowest BCUT2D eigenvalue weighted by atomic mass is 10.4. The zero-order valence-electron chi connectivity index (χ0n) is 4.12. The van der Waals surface area contributed by atoms with Crippen LogP contribution in [0.4, 0.5) is 13.2 Å². The van der Waals surface area contributed by atoms with Crippen LogP contribution in [0.2, 0.25) is 0 Å². The molecule has 0 aliphatic heterocycles. The molecule has 0 saturated heterocycles. The molecule has 1 unspecified atom stereocenters. The van der Waals surface area contributed by atoms with E-state index < -0.39 is 11.6 Å². The van der Waals surface area contributed by atoms with Crippen LogP contribution in [0.25, 0.3) is 0 Å². The summed E-state index contributed by atoms with van der Waals surface area (Å²) in [6, 6.07) is 0. The van der Waals surface area contributed by atoms with Crippen LogP contribution < -0.4 is 0 Å². The van der Waals surface area contributed by atoms with Crippen molar-refractivity contribution in [2.75, 3.05) is 0 Å². The Morgan fingerprint density at radius 2 is 1.89 bits per heavy atom. The summed E-state index contributed by atoms with van der Waals surface area (Å²) in [6.45, 7) is 0. The molecule has 54 valence electrons. The van der Waals surface area contributed by atoms with E-state index >= 15 is 0 Å². The van der Waals surface area contributed by atoms with Gasteiger partial charge in [0.15, 0.2) is 0 Å². The Kier molecular flexibility index (Phi) is 3.36. The van der Waals surface area contributed by atoms with Gasteiger partial charge in [0, 0.05) is 11.6 Å². The van der Waals surface area contributed by atoms with E-state index in [1.54, 1.807) is 0 Å². The van der Waals surface area contributed by atoms with Gasteiger partial charge in [0.25, 0.3) is 0 Å². The van der Waals surface area contributed by atoms with Crippen LogP contribution in [0.1, 0.15) is 0 Å². The van der Waals surface area contributed by atoms with Gasteiger partial charge in [-0.15, -0.1) is 0 Å². The van der Waals surface area contributed by atoms with Gasteiger partial charge in [-0.25, -0.2) is 4.39 Å². The second-order valence-corrected chi connectivity index (χ2v) is 1.90. The van der Waals surface area contributed by atoms with Crippen LogP contribution in [0.5, 0.6) is 0 Å². The Labute approximate surface area is 60.2 Å². The maximum atomic E-state index is 11.9. The molecule has 0 aromatic carbocycles. The van der Waals surface area contributed by atoms with Crippen LogP contribution in [-0.4, -0.2) is 11.6 Å². The third-order valence-electron chi connectivity index (χ3n) is 0.576. The van der Waals surface area contributed by atoms with E-state index in [4.69, 9.17) is 11.6 Å². The molecule has 0 fully saturated rings. The quantitative estimate of drug-likeness (QED) is 0.571. The van der Waals surface area contributed by atoms with Crippen molar-refractivity contribution in [2.45, 2.75) is 11.6 Å². The van der Waals surface area contributed by atoms with Gasteiger partial charge >= 0.3 is 5.92 Å². The predicted octanol–water partition coefficient (Wildman–Crippen LogP) is 2.91. The van der Waals surface area contributed by atoms with Gasteiger partial charge in [-0.1, -0.05) is 23.2 Å². The fourth-order valence-electron chi connectivity index (χ4n) is 0.157. The molecule has 0 aliphatic rings. The summed E-state index contributed by atoms with van der Waals surface area (Å²) in [5, 5.41) is 0. The summed E-state index contributed by atoms with van der Waals surface area (Å²) >= 11 is 9.17. The molecule has 0 heterocycles. The molecule has 0 spiro atoms. The van der Waals surface area contributed by atoms with Crippen LogP contribution in [0.15, 0.2) is 11.6 Å². The Balaban J connectivity index is 4.01. The maximum Gasteiger partial charge on any atom is 0.311 e. The SMILES string of the molecule is FC(Cl)C(F)(F)C=CCl. The summed E-state index contributed by atoms with van der Waals surface area (Å²) in [7, 11) is 0. The molecule has 0 N–H and O–H groups in total. The van der Waals surface area contributed by atoms with Crippen molar-refractivity contribution in [1.29, 1.82) is 0 Å². The van der Waals surface area contributed by atoms with E-state index in [1.165, 1.54) is 0 Å². The smallest absolute Gasteiger partial charge is 0.223 e. The van der Waals surface area contributed by atoms with Crippen molar-refractivity contribution in [2.24, 2.45) is 0 Å². The molecule has 0 aromatic rings. The number of hydrogen-bond donors (Lipinski definition) is 0. The van der Waals surface area contributed by atoms with Gasteiger partial charge < -0.3 is 0 Å². The summed E-state index contributed by atoms with van der Waals surface area (Å²) in [6.07, 6.45) is 0.187. The van der Waals surface area contributed by atoms with Crippen molar-refractivity contribution in [1.82, 2.24) is 0 Å². The monoisotopic (exact) mass is 178 g/mol. The lowest BCUT2D eigenvalue weighted by Crippen LogP contribution is -2.21. The van der Waals surface area contributed by atoms with Crippen molar-refractivity contribution in [3.63, 3.8) is 0 Å². The van der Waals surface area contributed by atoms with Gasteiger partial charge in [0.05, 0.1) is 0 Å². The highest BCUT2D eigenvalue weighted by atomic mass is 35.5. The highest BCUT2D eigenvalue weighted by molar-refractivity contribution is 6.25. The zero-order valence-corrected chi connectivity index (χ0v) is 5.63. The van der Waals surface area contributed by atoms with Crippen LogP contribution >= 0.6 is 23.2 Å². The first-order valence-corrected chi connectivity index (χ1v) is 2.82. The fraction of sp³-hybridized carbons (Fsp3) is 0.500. The normalized spacial score (nSPS) is 16.6. The van der Waals surface area contributed by atoms with Gasteiger partial charge in [0.2, 0.25) is 5.63 Å². The number of rotatable bonds is 2. The molecule has 1 atom stereocenters. The molecule has 0 radical (unpaired) electrons. The maximum absolute atomic E-state index is 11.9. The summed E-state index contributed by atoms with van der Waals surface area (Å²) in [5.74, 6) is -3.66. The van der Waals surface area contributed by atoms with Crippen molar-refractivity contribution >= 4 is 23.2 Å². The minimum Gasteiger partial charge on any atom is -0.223 e. The lowest BCUT2D eigenvalue weighted by Gasteiger charge is -2.08. The Hall–Kier alpha value is 0.110. The largest absolute Gasteiger partial charge is 0.311 e. The predicted molar refractivity (Wildman–Crippen MR) is 30.7 cm³/mol. The third-order valence-corrected chi connectivity index (χ3v) is 0.993. The van der Waals surface area contributed by atoms with E-state index in [0.717, 1.165) is 0 Å². The van der Waals surface area contributed by atoms with Crippen LogP contribution in [0, 0.1) is 0 Å². The molecular weight excluding hydrogens is 176 g/mol. The summed E-state index contributed by atoms with van der Waals surface area (Å²) < 4.78 is 35.3. The van der Waals surface area contributed by atoms with E-state index in [1.807, 2.05) is 0 Å². The van der Waals surface area contributed by atoms with Crippen LogP contribution in [0.3, 0.4) is 0 Å². The van der Waals surface area contributed by atoms with E-state index in [0.29, 0.717) is 5.54 Å². The highest BCUT2D eigenvalue weighted by Gasteiger charge is 2.35. The van der Waals surface area contributed by atoms with E-state index in [9.17, 15) is 13.2 Å². The molecule has 5 heteroatoms. The lowest BCUT2D eigenvalue weighted by molar-refractivity contribution is 0.00856. The van der Waals surface area contributed by atoms with E-state index in [2.05, 4.69) is 11.6 Å². The summed E-state index contributed by atoms with van der Waals surface area (Å²) in [5.41, 5.74) is -2.19. The second kappa shape index (κ2) is 3.32. The molecule has 0 aliphatic carbocycles. The molecule has 0 nitrogen and oxygen atoms in total. The van der Waals surface area contributed by atoms with Crippen molar-refractivity contribution in [3.05, 3.63) is 11.6 Å². The number of allylic oxidation sites excluding steroid dienone is 1. The molecule has 0 amide bonds. The van der Waals surface area contributed by atoms with Gasteiger partial charge in [0.1, 0.15) is 0 Å². The van der Waals surface area contributed by atoms with Gasteiger partial charge in [-0.3, -0.25) is 0 Å². The topological polar surface area (TPSA) is 0 Å². The third kappa shape index (κ3) is 2.96. The molecule has 0 saturated carbocycles. The van der Waals surface area contributed by atoms with Gasteiger partial charge in [-0.05, 0) is 0 Å². The zero-order chi connectivity index (χ0) is 7.49. The van der Waals surface area contributed by atoms with E-state index in [-0.39, 0.29) is 6.08 Å². The molecule has 0 aromatic heterocycles. The van der Waals surface area contributed by atoms with Crippen molar-refractivity contribution in [3.8, 4) is 0 Å². The Bertz CT molecular complexity index is 110. The fourth-order valence-corrected chi connectivity index (χ4v) is 0.397. The molecule has 9 heavy (non-hydrogen) atoms. The summed E-state index contributed by atoms with van der Waals surface area (Å²) in [4.78, 5) is 0. The average molecular weight is 179 g/mol.